The summed E-state index contributed by atoms with van der Waals surface area (Å²) < 4.78 is 75.0. The maximum atomic E-state index is 14.3. The molecule has 1 aromatic carbocycles. The van der Waals surface area contributed by atoms with Crippen molar-refractivity contribution in [2.75, 3.05) is 12.8 Å². The van der Waals surface area contributed by atoms with Crippen molar-refractivity contribution in [3.63, 3.8) is 0 Å². The van der Waals surface area contributed by atoms with Gasteiger partial charge in [0.15, 0.2) is 21.4 Å². The van der Waals surface area contributed by atoms with E-state index < -0.39 is 32.8 Å². The van der Waals surface area contributed by atoms with Crippen molar-refractivity contribution in [1.29, 1.82) is 0 Å². The Morgan fingerprint density at radius 2 is 1.87 bits per heavy atom. The van der Waals surface area contributed by atoms with Gasteiger partial charge in [-0.3, -0.25) is 4.40 Å². The number of nitrogens with zero attached hydrogens (tertiary/aromatic N) is 2. The van der Waals surface area contributed by atoms with Crippen LogP contribution < -0.4 is 15.2 Å². The van der Waals surface area contributed by atoms with Gasteiger partial charge in [-0.25, -0.2) is 17.8 Å². The number of sulfone groups is 1. The lowest BCUT2D eigenvalue weighted by Crippen LogP contribution is -2.28. The topological polar surface area (TPSA) is 95.9 Å². The lowest BCUT2D eigenvalue weighted by Gasteiger charge is -2.21. The molecule has 0 saturated carbocycles. The third-order valence-corrected chi connectivity index (χ3v) is 6.96. The highest BCUT2D eigenvalue weighted by atomic mass is 32.2. The highest BCUT2D eigenvalue weighted by Gasteiger charge is 2.34. The van der Waals surface area contributed by atoms with Crippen molar-refractivity contribution < 1.29 is 31.1 Å². The van der Waals surface area contributed by atoms with Crippen LogP contribution in [-0.2, 0) is 9.84 Å². The molecule has 2 heterocycles. The van der Waals surface area contributed by atoms with Crippen LogP contribution in [0.2, 0.25) is 0 Å². The number of pyridine rings is 1. The summed E-state index contributed by atoms with van der Waals surface area (Å²) in [5.41, 5.74) is 6.17. The third kappa shape index (κ3) is 3.64. The average Bonchev–Trinajstić information content (AvgIpc) is 3.05. The smallest absolute Gasteiger partial charge is 0.387 e. The number of alkyl halides is 2. The summed E-state index contributed by atoms with van der Waals surface area (Å²) in [6, 6.07) is 3.64. The van der Waals surface area contributed by atoms with Gasteiger partial charge in [0, 0.05) is 17.8 Å². The van der Waals surface area contributed by atoms with Crippen molar-refractivity contribution in [3.05, 3.63) is 36.4 Å². The second-order valence-electron chi connectivity index (χ2n) is 7.45. The zero-order valence-electron chi connectivity index (χ0n) is 16.6. The second kappa shape index (κ2) is 7.38. The number of anilines is 1. The summed E-state index contributed by atoms with van der Waals surface area (Å²) in [4.78, 5) is 4.12. The van der Waals surface area contributed by atoms with Crippen molar-refractivity contribution >= 4 is 21.2 Å². The van der Waals surface area contributed by atoms with E-state index in [1.54, 1.807) is 20.8 Å². The zero-order chi connectivity index (χ0) is 22.4. The Bertz CT molecular complexity index is 1190. The molecule has 0 aliphatic carbocycles. The van der Waals surface area contributed by atoms with E-state index in [1.165, 1.54) is 36.0 Å². The summed E-state index contributed by atoms with van der Waals surface area (Å²) in [5, 5.41) is 0. The monoisotopic (exact) mass is 443 g/mol. The molecule has 0 aliphatic heterocycles. The molecular formula is C19H20F3N3O4S. The molecule has 0 saturated heterocycles. The number of methoxy groups -OCH3 is 1. The molecule has 0 aliphatic rings. The molecule has 11 heteroatoms. The average molecular weight is 443 g/mol. The van der Waals surface area contributed by atoms with Crippen molar-refractivity contribution in [2.24, 2.45) is 0 Å². The predicted molar refractivity (Wildman–Crippen MR) is 105 cm³/mol. The van der Waals surface area contributed by atoms with Gasteiger partial charge in [-0.1, -0.05) is 0 Å². The molecule has 7 nitrogen and oxygen atoms in total. The number of fused-ring (bicyclic) bond motifs is 1. The van der Waals surface area contributed by atoms with Gasteiger partial charge >= 0.3 is 6.61 Å². The molecule has 0 spiro atoms. The van der Waals surface area contributed by atoms with Crippen molar-refractivity contribution in [2.45, 2.75) is 37.0 Å². The van der Waals surface area contributed by atoms with Gasteiger partial charge in [-0.05, 0) is 32.9 Å². The summed E-state index contributed by atoms with van der Waals surface area (Å²) in [6.45, 7) is 1.43. The number of aromatic nitrogens is 2. The van der Waals surface area contributed by atoms with Crippen LogP contribution in [-0.4, -0.2) is 36.3 Å². The number of hydrogen-bond acceptors (Lipinski definition) is 6. The van der Waals surface area contributed by atoms with Crippen LogP contribution in [0.1, 0.15) is 20.8 Å². The SMILES string of the molecule is COc1cc2ncc(-c3cc(N)c(OC(F)F)c(F)c3)n2cc1S(=O)(=O)C(C)(C)C. The lowest BCUT2D eigenvalue weighted by atomic mass is 10.1. The highest BCUT2D eigenvalue weighted by molar-refractivity contribution is 7.92. The van der Waals surface area contributed by atoms with Crippen LogP contribution in [0.15, 0.2) is 35.5 Å². The largest absolute Gasteiger partial charge is 0.495 e. The van der Waals surface area contributed by atoms with E-state index in [1.807, 2.05) is 0 Å². The van der Waals surface area contributed by atoms with E-state index in [4.69, 9.17) is 10.5 Å². The van der Waals surface area contributed by atoms with Crippen molar-refractivity contribution in [3.8, 4) is 22.8 Å². The van der Waals surface area contributed by atoms with Gasteiger partial charge in [-0.15, -0.1) is 0 Å². The molecule has 0 amide bonds. The first kappa shape index (κ1) is 21.8. The van der Waals surface area contributed by atoms with Gasteiger partial charge in [0.2, 0.25) is 0 Å². The quantitative estimate of drug-likeness (QED) is 0.601. The highest BCUT2D eigenvalue weighted by Crippen LogP contribution is 2.36. The minimum Gasteiger partial charge on any atom is -0.495 e. The Morgan fingerprint density at radius 1 is 1.20 bits per heavy atom. The fraction of sp³-hybridized carbons (Fsp3) is 0.316. The molecule has 30 heavy (non-hydrogen) atoms. The molecule has 0 fully saturated rings. The normalized spacial score (nSPS) is 12.5. The molecule has 0 radical (unpaired) electrons. The number of halogens is 3. The van der Waals surface area contributed by atoms with Crippen LogP contribution in [0.4, 0.5) is 18.9 Å². The Hall–Kier alpha value is -2.95. The molecule has 2 aromatic heterocycles. The van der Waals surface area contributed by atoms with Crippen LogP contribution in [0.3, 0.4) is 0 Å². The molecule has 0 bridgehead atoms. The molecule has 0 unspecified atom stereocenters. The number of hydrogen-bond donors (Lipinski definition) is 1. The van der Waals surface area contributed by atoms with Gasteiger partial charge in [0.05, 0.1) is 29.4 Å². The van der Waals surface area contributed by atoms with E-state index in [2.05, 4.69) is 9.72 Å². The fourth-order valence-corrected chi connectivity index (χ4v) is 4.18. The molecule has 2 N–H and O–H groups in total. The number of rotatable bonds is 5. The number of benzene rings is 1. The number of ether oxygens (including phenoxy) is 2. The Morgan fingerprint density at radius 3 is 2.40 bits per heavy atom. The Kier molecular flexibility index (Phi) is 5.35. The first-order valence-electron chi connectivity index (χ1n) is 8.70. The minimum atomic E-state index is -3.80. The van der Waals surface area contributed by atoms with Gasteiger partial charge in [0.1, 0.15) is 16.3 Å². The van der Waals surface area contributed by atoms with Crippen molar-refractivity contribution in [1.82, 2.24) is 9.38 Å². The summed E-state index contributed by atoms with van der Waals surface area (Å²) in [5.74, 6) is -1.74. The maximum Gasteiger partial charge on any atom is 0.387 e. The predicted octanol–water partition coefficient (Wildman–Crippen LogP) is 3.90. The third-order valence-electron chi connectivity index (χ3n) is 4.47. The van der Waals surface area contributed by atoms with Gasteiger partial charge < -0.3 is 15.2 Å². The van der Waals surface area contributed by atoms with Crippen LogP contribution in [0, 0.1) is 5.82 Å². The zero-order valence-corrected chi connectivity index (χ0v) is 17.4. The summed E-state index contributed by atoms with van der Waals surface area (Å²) in [7, 11) is -2.46. The Balaban J connectivity index is 2.24. The number of imidazole rings is 1. The first-order valence-corrected chi connectivity index (χ1v) is 10.2. The van der Waals surface area contributed by atoms with E-state index in [9.17, 15) is 21.6 Å². The van der Waals surface area contributed by atoms with E-state index in [-0.39, 0.29) is 21.9 Å². The first-order chi connectivity index (χ1) is 13.9. The number of nitrogen functional groups attached to an aromatic ring is 1. The second-order valence-corrected chi connectivity index (χ2v) is 10.1. The minimum absolute atomic E-state index is 0.0738. The maximum absolute atomic E-state index is 14.3. The molecular weight excluding hydrogens is 423 g/mol. The summed E-state index contributed by atoms with van der Waals surface area (Å²) >= 11 is 0. The van der Waals surface area contributed by atoms with E-state index in [0.29, 0.717) is 11.3 Å². The molecule has 3 rings (SSSR count). The fourth-order valence-electron chi connectivity index (χ4n) is 2.87. The Labute approximate surface area is 171 Å². The van der Waals surface area contributed by atoms with E-state index in [0.717, 1.165) is 6.07 Å². The molecule has 162 valence electrons. The van der Waals surface area contributed by atoms with E-state index >= 15 is 0 Å². The van der Waals surface area contributed by atoms with Gasteiger partial charge in [0.25, 0.3) is 0 Å². The van der Waals surface area contributed by atoms with Crippen LogP contribution in [0.5, 0.6) is 11.5 Å². The van der Waals surface area contributed by atoms with Crippen LogP contribution >= 0.6 is 0 Å². The number of nitrogens with two attached hydrogens (primary N) is 1. The van der Waals surface area contributed by atoms with Crippen LogP contribution in [0.25, 0.3) is 16.9 Å². The molecule has 0 atom stereocenters. The summed E-state index contributed by atoms with van der Waals surface area (Å²) in [6.07, 6.45) is 2.71. The molecule has 3 aromatic rings. The van der Waals surface area contributed by atoms with Gasteiger partial charge in [-0.2, -0.15) is 8.78 Å². The lowest BCUT2D eigenvalue weighted by molar-refractivity contribution is -0.0516. The standard InChI is InChI=1S/C19H20F3N3O4S/c1-19(2,3)30(26,27)15-9-25-13(8-24-16(25)7-14(15)28-4)10-5-11(20)17(12(23)6-10)29-18(21)22/h5-9,18H,23H2,1-4H3.